The molecule has 1 aliphatic heterocycles. The van der Waals surface area contributed by atoms with Crippen molar-refractivity contribution >= 4 is 5.91 Å². The molecule has 2 N–H and O–H groups in total. The van der Waals surface area contributed by atoms with Crippen LogP contribution in [-0.2, 0) is 9.53 Å². The van der Waals surface area contributed by atoms with Crippen molar-refractivity contribution in [2.45, 2.75) is 38.7 Å². The van der Waals surface area contributed by atoms with Gasteiger partial charge in [-0.3, -0.25) is 9.69 Å². The molecule has 0 aliphatic carbocycles. The maximum atomic E-state index is 12.2. The predicted molar refractivity (Wildman–Crippen MR) is 95.1 cm³/mol. The van der Waals surface area contributed by atoms with Crippen LogP contribution in [0.2, 0.25) is 0 Å². The number of carbonyl (C=O) groups is 1. The first-order valence-electron chi connectivity index (χ1n) is 8.72. The van der Waals surface area contributed by atoms with Crippen molar-refractivity contribution in [2.24, 2.45) is 0 Å². The number of nitrogens with one attached hydrogen (secondary N) is 1. The van der Waals surface area contributed by atoms with Gasteiger partial charge in [-0.1, -0.05) is 31.2 Å². The molecule has 2 atom stereocenters. The lowest BCUT2D eigenvalue weighted by atomic mass is 9.93. The Hall–Kier alpha value is -1.43. The minimum atomic E-state index is -0.932. The summed E-state index contributed by atoms with van der Waals surface area (Å²) in [6.07, 6.45) is 0.429. The van der Waals surface area contributed by atoms with Gasteiger partial charge in [-0.2, -0.15) is 0 Å². The molecule has 0 saturated carbocycles. The monoisotopic (exact) mass is 334 g/mol. The second-order valence-electron chi connectivity index (χ2n) is 7.12. The van der Waals surface area contributed by atoms with E-state index in [1.807, 2.05) is 12.1 Å². The molecule has 1 aromatic rings. The first-order chi connectivity index (χ1) is 11.4. The van der Waals surface area contributed by atoms with E-state index in [2.05, 4.69) is 36.2 Å². The van der Waals surface area contributed by atoms with Gasteiger partial charge >= 0.3 is 0 Å². The molecule has 2 unspecified atom stereocenters. The molecule has 0 bridgehead atoms. The van der Waals surface area contributed by atoms with E-state index in [1.54, 1.807) is 6.92 Å². The molecule has 5 nitrogen and oxygen atoms in total. The van der Waals surface area contributed by atoms with Crippen molar-refractivity contribution in [1.29, 1.82) is 0 Å². The van der Waals surface area contributed by atoms with Crippen LogP contribution in [0.3, 0.4) is 0 Å². The highest BCUT2D eigenvalue weighted by atomic mass is 16.5. The number of benzene rings is 1. The average molecular weight is 334 g/mol. The summed E-state index contributed by atoms with van der Waals surface area (Å²) in [4.78, 5) is 14.4. The molecular formula is C19H30N2O3. The van der Waals surface area contributed by atoms with Gasteiger partial charge in [0, 0.05) is 32.6 Å². The number of nitrogens with zero attached hydrogens (tertiary/aromatic N) is 1. The fraction of sp³-hybridized carbons (Fsp3) is 0.632. The van der Waals surface area contributed by atoms with E-state index in [0.717, 1.165) is 13.1 Å². The first-order valence-corrected chi connectivity index (χ1v) is 8.72. The van der Waals surface area contributed by atoms with Crippen molar-refractivity contribution in [2.75, 3.05) is 39.4 Å². The minimum absolute atomic E-state index is 0.0204. The van der Waals surface area contributed by atoms with Gasteiger partial charge in [-0.15, -0.1) is 0 Å². The highest BCUT2D eigenvalue weighted by molar-refractivity contribution is 5.77. The Morgan fingerprint density at radius 2 is 2.04 bits per heavy atom. The third kappa shape index (κ3) is 5.89. The minimum Gasteiger partial charge on any atom is -0.387 e. The standard InChI is InChI=1S/C19H30N2O3/c1-15-6-4-5-7-17(15)16(2)12-18(22)20-13-19(3,23)14-21-8-10-24-11-9-21/h4-7,16,23H,8-14H2,1-3H3,(H,20,22). The largest absolute Gasteiger partial charge is 0.387 e. The fourth-order valence-corrected chi connectivity index (χ4v) is 3.19. The molecule has 1 fully saturated rings. The SMILES string of the molecule is Cc1ccccc1C(C)CC(=O)NCC(C)(O)CN1CCOCC1. The molecular weight excluding hydrogens is 304 g/mol. The molecule has 5 heteroatoms. The Morgan fingerprint density at radius 1 is 1.38 bits per heavy atom. The summed E-state index contributed by atoms with van der Waals surface area (Å²) in [6, 6.07) is 8.15. The number of aryl methyl sites for hydroxylation is 1. The van der Waals surface area contributed by atoms with Crippen LogP contribution in [0.25, 0.3) is 0 Å². The predicted octanol–water partition coefficient (Wildman–Crippen LogP) is 1.69. The number of amides is 1. The number of carbonyl (C=O) groups excluding carboxylic acids is 1. The van der Waals surface area contributed by atoms with Crippen LogP contribution in [0.4, 0.5) is 0 Å². The van der Waals surface area contributed by atoms with Gasteiger partial charge in [0.15, 0.2) is 0 Å². The quantitative estimate of drug-likeness (QED) is 0.797. The Morgan fingerprint density at radius 3 is 2.71 bits per heavy atom. The lowest BCUT2D eigenvalue weighted by molar-refractivity contribution is -0.122. The van der Waals surface area contributed by atoms with E-state index in [1.165, 1.54) is 11.1 Å². The number of hydrogen-bond acceptors (Lipinski definition) is 4. The first kappa shape index (κ1) is 18.9. The number of morpholine rings is 1. The Balaban J connectivity index is 1.78. The summed E-state index contributed by atoms with van der Waals surface area (Å²) < 4.78 is 5.31. The maximum Gasteiger partial charge on any atom is 0.220 e. The van der Waals surface area contributed by atoms with Crippen molar-refractivity contribution in [3.63, 3.8) is 0 Å². The zero-order valence-corrected chi connectivity index (χ0v) is 15.0. The molecule has 1 aliphatic rings. The van der Waals surface area contributed by atoms with Gasteiger partial charge in [0.05, 0.1) is 18.8 Å². The van der Waals surface area contributed by atoms with Crippen LogP contribution in [0.5, 0.6) is 0 Å². The van der Waals surface area contributed by atoms with Crippen LogP contribution >= 0.6 is 0 Å². The van der Waals surface area contributed by atoms with Crippen LogP contribution < -0.4 is 5.32 Å². The Kier molecular flexibility index (Phi) is 6.78. The molecule has 134 valence electrons. The van der Waals surface area contributed by atoms with Gasteiger partial charge < -0.3 is 15.2 Å². The summed E-state index contributed by atoms with van der Waals surface area (Å²) in [7, 11) is 0. The fourth-order valence-electron chi connectivity index (χ4n) is 3.19. The third-order valence-corrected chi connectivity index (χ3v) is 4.55. The average Bonchev–Trinajstić information content (AvgIpc) is 2.54. The number of hydrogen-bond donors (Lipinski definition) is 2. The lowest BCUT2D eigenvalue weighted by Gasteiger charge is -2.34. The summed E-state index contributed by atoms with van der Waals surface area (Å²) in [6.45, 7) is 9.78. The van der Waals surface area contributed by atoms with Crippen molar-refractivity contribution in [3.8, 4) is 0 Å². The molecule has 1 heterocycles. The van der Waals surface area contributed by atoms with Crippen molar-refractivity contribution in [1.82, 2.24) is 10.2 Å². The van der Waals surface area contributed by atoms with E-state index in [-0.39, 0.29) is 18.4 Å². The molecule has 0 aromatic heterocycles. The van der Waals surface area contributed by atoms with Crippen LogP contribution in [-0.4, -0.2) is 60.9 Å². The maximum absolute atomic E-state index is 12.2. The van der Waals surface area contributed by atoms with Crippen LogP contribution in [0, 0.1) is 6.92 Å². The number of β-amino-alcohol motifs (C(OH)–C–C–N with tert-alkyl or cyclic N) is 1. The van der Waals surface area contributed by atoms with Gasteiger partial charge in [-0.25, -0.2) is 0 Å². The van der Waals surface area contributed by atoms with Crippen LogP contribution in [0.1, 0.15) is 37.3 Å². The third-order valence-electron chi connectivity index (χ3n) is 4.55. The van der Waals surface area contributed by atoms with Gasteiger partial charge in [0.2, 0.25) is 5.91 Å². The summed E-state index contributed by atoms with van der Waals surface area (Å²) in [5, 5.41) is 13.4. The highest BCUT2D eigenvalue weighted by Crippen LogP contribution is 2.22. The molecule has 0 radical (unpaired) electrons. The van der Waals surface area contributed by atoms with E-state index in [0.29, 0.717) is 26.2 Å². The molecule has 24 heavy (non-hydrogen) atoms. The zero-order chi connectivity index (χ0) is 17.6. The van der Waals surface area contributed by atoms with E-state index in [4.69, 9.17) is 4.74 Å². The van der Waals surface area contributed by atoms with Crippen molar-refractivity contribution in [3.05, 3.63) is 35.4 Å². The molecule has 1 amide bonds. The van der Waals surface area contributed by atoms with E-state index >= 15 is 0 Å². The smallest absolute Gasteiger partial charge is 0.220 e. The summed E-state index contributed by atoms with van der Waals surface area (Å²) >= 11 is 0. The lowest BCUT2D eigenvalue weighted by Crippen LogP contribution is -2.51. The highest BCUT2D eigenvalue weighted by Gasteiger charge is 2.26. The van der Waals surface area contributed by atoms with Gasteiger partial charge in [0.1, 0.15) is 0 Å². The zero-order valence-electron chi connectivity index (χ0n) is 15.0. The number of ether oxygens (including phenoxy) is 1. The molecule has 1 aromatic carbocycles. The second kappa shape index (κ2) is 8.60. The summed E-state index contributed by atoms with van der Waals surface area (Å²) in [5.41, 5.74) is 1.48. The van der Waals surface area contributed by atoms with Crippen molar-refractivity contribution < 1.29 is 14.6 Å². The molecule has 0 spiro atoms. The normalized spacial score (nSPS) is 19.5. The van der Waals surface area contributed by atoms with Gasteiger partial charge in [-0.05, 0) is 30.9 Å². The topological polar surface area (TPSA) is 61.8 Å². The van der Waals surface area contributed by atoms with Gasteiger partial charge in [0.25, 0.3) is 0 Å². The number of rotatable bonds is 7. The summed E-state index contributed by atoms with van der Waals surface area (Å²) in [5.74, 6) is 0.142. The molecule has 2 rings (SSSR count). The number of aliphatic hydroxyl groups is 1. The van der Waals surface area contributed by atoms with E-state index < -0.39 is 5.60 Å². The Labute approximate surface area is 145 Å². The second-order valence-corrected chi connectivity index (χ2v) is 7.12. The molecule has 1 saturated heterocycles. The van der Waals surface area contributed by atoms with E-state index in [9.17, 15) is 9.90 Å². The Bertz CT molecular complexity index is 539. The van der Waals surface area contributed by atoms with Crippen LogP contribution in [0.15, 0.2) is 24.3 Å².